The predicted molar refractivity (Wildman–Crippen MR) is 64.0 cm³/mol. The first kappa shape index (κ1) is 14.3. The first-order valence-corrected chi connectivity index (χ1v) is 5.74. The normalized spacial score (nSPS) is 16.2. The molecule has 0 spiro atoms. The minimum absolute atomic E-state index is 0.0301. The van der Waals surface area contributed by atoms with Crippen LogP contribution >= 0.6 is 0 Å². The molecule has 0 aromatic heterocycles. The van der Waals surface area contributed by atoms with E-state index in [0.717, 1.165) is 0 Å². The molecule has 21 heavy (non-hydrogen) atoms. The number of amides is 3. The lowest BCUT2D eigenvalue weighted by Gasteiger charge is -2.11. The van der Waals surface area contributed by atoms with Gasteiger partial charge in [0.25, 0.3) is 5.91 Å². The molecule has 1 aliphatic heterocycles. The molecule has 1 fully saturated rings. The summed E-state index contributed by atoms with van der Waals surface area (Å²) in [7, 11) is 0. The van der Waals surface area contributed by atoms with Crippen LogP contribution in [-0.4, -0.2) is 35.3 Å². The minimum atomic E-state index is -1.56. The van der Waals surface area contributed by atoms with E-state index in [1.807, 2.05) is 0 Å². The molecule has 0 saturated carbocycles. The van der Waals surface area contributed by atoms with Gasteiger partial charge in [-0.3, -0.25) is 9.69 Å². The van der Waals surface area contributed by atoms with Gasteiger partial charge in [-0.05, 0) is 17.2 Å². The quantitative estimate of drug-likeness (QED) is 0.489. The van der Waals surface area contributed by atoms with Gasteiger partial charge in [0.05, 0.1) is 18.5 Å². The standard InChI is InChI=1S/C13H10N2O6/c16-10(17)6-15-11(18)9(14-13(15)21)5-7-1-3-8(4-2-7)12(19)20/h1-5H,6H2,(H,14,21)(H,16,17)(H,19,20)/p-2/b9-5+. The molecule has 2 rings (SSSR count). The summed E-state index contributed by atoms with van der Waals surface area (Å²) in [5.74, 6) is -3.69. The van der Waals surface area contributed by atoms with Gasteiger partial charge in [-0.25, -0.2) is 4.79 Å². The molecule has 0 radical (unpaired) electrons. The van der Waals surface area contributed by atoms with Crippen molar-refractivity contribution in [2.75, 3.05) is 6.54 Å². The van der Waals surface area contributed by atoms with Crippen molar-refractivity contribution in [3.05, 3.63) is 41.1 Å². The monoisotopic (exact) mass is 288 g/mol. The average Bonchev–Trinajstić information content (AvgIpc) is 2.67. The molecule has 1 aliphatic rings. The number of nitrogens with zero attached hydrogens (tertiary/aromatic N) is 1. The summed E-state index contributed by atoms with van der Waals surface area (Å²) >= 11 is 0. The molecule has 8 nitrogen and oxygen atoms in total. The SMILES string of the molecule is O=C([O-])CN1C(=O)N/C(=C/c2ccc(C(=O)[O-])cc2)C1=O. The Morgan fingerprint density at radius 2 is 1.76 bits per heavy atom. The van der Waals surface area contributed by atoms with Gasteiger partial charge in [-0.1, -0.05) is 24.3 Å². The predicted octanol–water partition coefficient (Wildman–Crippen LogP) is -2.31. The number of carbonyl (C=O) groups excluding carboxylic acids is 4. The van der Waals surface area contributed by atoms with E-state index in [0.29, 0.717) is 10.5 Å². The Balaban J connectivity index is 2.22. The Bertz CT molecular complexity index is 662. The highest BCUT2D eigenvalue weighted by Gasteiger charge is 2.33. The highest BCUT2D eigenvalue weighted by atomic mass is 16.4. The maximum absolute atomic E-state index is 11.8. The number of imide groups is 1. The largest absolute Gasteiger partial charge is 0.548 e. The zero-order chi connectivity index (χ0) is 15.6. The van der Waals surface area contributed by atoms with Crippen molar-refractivity contribution in [3.8, 4) is 0 Å². The summed E-state index contributed by atoms with van der Waals surface area (Å²) in [5, 5.41) is 23.3. The number of hydrogen-bond acceptors (Lipinski definition) is 6. The molecular weight excluding hydrogens is 280 g/mol. The average molecular weight is 288 g/mol. The van der Waals surface area contributed by atoms with Crippen molar-refractivity contribution in [2.45, 2.75) is 0 Å². The molecule has 1 heterocycles. The Hall–Kier alpha value is -3.16. The summed E-state index contributed by atoms with van der Waals surface area (Å²) in [6.07, 6.45) is 1.30. The van der Waals surface area contributed by atoms with E-state index in [2.05, 4.69) is 5.32 Å². The zero-order valence-electron chi connectivity index (χ0n) is 10.5. The number of aliphatic carboxylic acids is 1. The van der Waals surface area contributed by atoms with Crippen LogP contribution in [0.25, 0.3) is 6.08 Å². The molecule has 3 amide bonds. The number of carboxylic acids is 2. The molecule has 1 aromatic rings. The second-order valence-electron chi connectivity index (χ2n) is 4.16. The zero-order valence-corrected chi connectivity index (χ0v) is 10.5. The summed E-state index contributed by atoms with van der Waals surface area (Å²) in [6.45, 7) is -0.842. The third kappa shape index (κ3) is 3.06. The first-order chi connectivity index (χ1) is 9.88. The number of carboxylic acid groups (broad SMARTS) is 2. The Morgan fingerprint density at radius 1 is 1.14 bits per heavy atom. The highest BCUT2D eigenvalue weighted by molar-refractivity contribution is 6.15. The summed E-state index contributed by atoms with van der Waals surface area (Å²) in [5.41, 5.74) is 0.318. The van der Waals surface area contributed by atoms with Crippen LogP contribution in [0, 0.1) is 0 Å². The van der Waals surface area contributed by atoms with E-state index < -0.39 is 30.4 Å². The van der Waals surface area contributed by atoms with Gasteiger partial charge in [-0.15, -0.1) is 0 Å². The molecule has 108 valence electrons. The van der Waals surface area contributed by atoms with Gasteiger partial charge in [0.15, 0.2) is 0 Å². The first-order valence-electron chi connectivity index (χ1n) is 5.74. The van der Waals surface area contributed by atoms with E-state index in [-0.39, 0.29) is 11.3 Å². The van der Waals surface area contributed by atoms with Crippen molar-refractivity contribution in [2.24, 2.45) is 0 Å². The molecule has 0 unspecified atom stereocenters. The van der Waals surface area contributed by atoms with E-state index in [1.165, 1.54) is 30.3 Å². The Kier molecular flexibility index (Phi) is 3.70. The van der Waals surface area contributed by atoms with Gasteiger partial charge in [0.1, 0.15) is 5.70 Å². The van der Waals surface area contributed by atoms with Crippen LogP contribution in [0.2, 0.25) is 0 Å². The maximum atomic E-state index is 11.8. The number of benzene rings is 1. The lowest BCUT2D eigenvalue weighted by atomic mass is 10.1. The molecule has 1 aromatic carbocycles. The van der Waals surface area contributed by atoms with Crippen LogP contribution in [0.3, 0.4) is 0 Å². The number of urea groups is 1. The Labute approximate surface area is 118 Å². The number of nitrogens with one attached hydrogen (secondary N) is 1. The fourth-order valence-corrected chi connectivity index (χ4v) is 1.73. The van der Waals surface area contributed by atoms with E-state index in [9.17, 15) is 29.4 Å². The fraction of sp³-hybridized carbons (Fsp3) is 0.0769. The summed E-state index contributed by atoms with van der Waals surface area (Å²) in [4.78, 5) is 44.8. The number of carbonyl (C=O) groups is 4. The van der Waals surface area contributed by atoms with Gasteiger partial charge in [-0.2, -0.15) is 0 Å². The smallest absolute Gasteiger partial charge is 0.329 e. The molecular formula is C13H8N2O6-2. The van der Waals surface area contributed by atoms with Crippen LogP contribution in [0.4, 0.5) is 4.79 Å². The number of hydrogen-bond donors (Lipinski definition) is 1. The number of rotatable bonds is 4. The van der Waals surface area contributed by atoms with Crippen molar-refractivity contribution in [3.63, 3.8) is 0 Å². The summed E-state index contributed by atoms with van der Waals surface area (Å²) in [6, 6.07) is 4.53. The van der Waals surface area contributed by atoms with E-state index in [1.54, 1.807) is 0 Å². The maximum Gasteiger partial charge on any atom is 0.329 e. The van der Waals surface area contributed by atoms with Crippen LogP contribution in [0.5, 0.6) is 0 Å². The topological polar surface area (TPSA) is 130 Å². The number of aromatic carboxylic acids is 1. The Morgan fingerprint density at radius 3 is 2.29 bits per heavy atom. The molecule has 1 N–H and O–H groups in total. The van der Waals surface area contributed by atoms with Gasteiger partial charge < -0.3 is 25.1 Å². The molecule has 0 bridgehead atoms. The van der Waals surface area contributed by atoms with Crippen LogP contribution < -0.4 is 15.5 Å². The third-order valence-electron chi connectivity index (χ3n) is 2.71. The van der Waals surface area contributed by atoms with Crippen LogP contribution in [0.15, 0.2) is 30.0 Å². The highest BCUT2D eigenvalue weighted by Crippen LogP contribution is 2.14. The fourth-order valence-electron chi connectivity index (χ4n) is 1.73. The van der Waals surface area contributed by atoms with Gasteiger partial charge in [0.2, 0.25) is 0 Å². The van der Waals surface area contributed by atoms with Crippen molar-refractivity contribution < 1.29 is 29.4 Å². The lowest BCUT2D eigenvalue weighted by Crippen LogP contribution is -2.41. The lowest BCUT2D eigenvalue weighted by molar-refractivity contribution is -0.305. The molecule has 0 atom stereocenters. The van der Waals surface area contributed by atoms with Crippen LogP contribution in [-0.2, 0) is 9.59 Å². The second kappa shape index (κ2) is 5.45. The van der Waals surface area contributed by atoms with Crippen molar-refractivity contribution >= 4 is 30.0 Å². The third-order valence-corrected chi connectivity index (χ3v) is 2.71. The summed E-state index contributed by atoms with van der Waals surface area (Å²) < 4.78 is 0. The van der Waals surface area contributed by atoms with Crippen LogP contribution in [0.1, 0.15) is 15.9 Å². The van der Waals surface area contributed by atoms with Gasteiger partial charge in [0, 0.05) is 0 Å². The minimum Gasteiger partial charge on any atom is -0.548 e. The second-order valence-corrected chi connectivity index (χ2v) is 4.16. The van der Waals surface area contributed by atoms with Gasteiger partial charge >= 0.3 is 6.03 Å². The molecule has 8 heteroatoms. The molecule has 0 aliphatic carbocycles. The van der Waals surface area contributed by atoms with Crippen molar-refractivity contribution in [1.29, 1.82) is 0 Å². The van der Waals surface area contributed by atoms with E-state index >= 15 is 0 Å². The van der Waals surface area contributed by atoms with E-state index in [4.69, 9.17) is 0 Å². The molecule has 1 saturated heterocycles. The van der Waals surface area contributed by atoms with Crippen molar-refractivity contribution in [1.82, 2.24) is 10.2 Å².